The van der Waals surface area contributed by atoms with Crippen molar-refractivity contribution in [3.63, 3.8) is 0 Å². The van der Waals surface area contributed by atoms with Gasteiger partial charge in [-0.2, -0.15) is 0 Å². The van der Waals surface area contributed by atoms with E-state index >= 15 is 0 Å². The molecule has 0 heterocycles. The zero-order chi connectivity index (χ0) is 30.2. The predicted octanol–water partition coefficient (Wildman–Crippen LogP) is 3.52. The molecule has 3 saturated carbocycles. The van der Waals surface area contributed by atoms with Crippen LogP contribution < -0.4 is 10.6 Å². The van der Waals surface area contributed by atoms with Gasteiger partial charge in [0.15, 0.2) is 12.4 Å². The van der Waals surface area contributed by atoms with Gasteiger partial charge in [-0.05, 0) is 101 Å². The van der Waals surface area contributed by atoms with Crippen LogP contribution in [0.2, 0.25) is 0 Å². The zero-order valence-electron chi connectivity index (χ0n) is 25.1. The van der Waals surface area contributed by atoms with Gasteiger partial charge in [0, 0.05) is 5.41 Å². The van der Waals surface area contributed by atoms with Crippen LogP contribution in [-0.4, -0.2) is 63.8 Å². The van der Waals surface area contributed by atoms with Crippen molar-refractivity contribution in [1.29, 1.82) is 0 Å². The first-order valence-electron chi connectivity index (χ1n) is 15.2. The molecule has 8 atom stereocenters. The summed E-state index contributed by atoms with van der Waals surface area (Å²) in [6.07, 6.45) is 10.0. The molecule has 10 nitrogen and oxygen atoms in total. The van der Waals surface area contributed by atoms with Crippen molar-refractivity contribution in [2.45, 2.75) is 117 Å². The van der Waals surface area contributed by atoms with Gasteiger partial charge in [0.25, 0.3) is 5.91 Å². The van der Waals surface area contributed by atoms with Crippen LogP contribution in [0.25, 0.3) is 0 Å². The van der Waals surface area contributed by atoms with Gasteiger partial charge in [-0.25, -0.2) is 4.79 Å². The Morgan fingerprint density at radius 3 is 2.44 bits per heavy atom. The number of carboxylic acids is 1. The minimum absolute atomic E-state index is 0.0476. The zero-order valence-corrected chi connectivity index (χ0v) is 25.1. The minimum atomic E-state index is -1.20. The minimum Gasteiger partial charge on any atom is -0.480 e. The van der Waals surface area contributed by atoms with Crippen LogP contribution in [0.1, 0.15) is 98.8 Å². The molecule has 0 bridgehead atoms. The van der Waals surface area contributed by atoms with E-state index in [1.54, 1.807) is 6.92 Å². The number of carbonyl (C=O) groups is 4. The Kier molecular flexibility index (Phi) is 9.02. The number of amides is 2. The van der Waals surface area contributed by atoms with E-state index in [1.807, 2.05) is 6.92 Å². The van der Waals surface area contributed by atoms with E-state index in [-0.39, 0.29) is 23.2 Å². The molecule has 3 fully saturated rings. The summed E-state index contributed by atoms with van der Waals surface area (Å²) in [6, 6.07) is -1.90. The molecule has 0 aliphatic heterocycles. The topological polar surface area (TPSA) is 154 Å². The van der Waals surface area contributed by atoms with E-state index < -0.39 is 35.5 Å². The first kappa shape index (κ1) is 31.2. The number of nitrogens with one attached hydrogen (secondary N) is 2. The Hall–Kier alpha value is -2.75. The molecule has 0 aromatic carbocycles. The summed E-state index contributed by atoms with van der Waals surface area (Å²) >= 11 is 0. The lowest BCUT2D eigenvalue weighted by Gasteiger charge is -2.59. The average molecular weight is 574 g/mol. The number of allylic oxidation sites excluding steroid dienone is 2. The second kappa shape index (κ2) is 11.9. The lowest BCUT2D eigenvalue weighted by atomic mass is 9.46. The standard InChI is InChI=1S/C31H47N3O7/c1-6-7-25(28(38)39)33-27(37)18(2)32-26(36)17-41-34-21-10-13-29(4)20(16-21)8-9-22-23(29)11-14-30(5)24(22)12-15-31(30,40)19(3)35/h16,18,22-25,40H,6-15,17H2,1-5H3,(H,32,36)(H,33,37)(H,38,39)/t18-,22+,23-,24-,25-,29-,30-,31-/m0/s1. The second-order valence-corrected chi connectivity index (χ2v) is 13.2. The maximum Gasteiger partial charge on any atom is 0.326 e. The molecule has 228 valence electrons. The Bertz CT molecular complexity index is 1130. The average Bonchev–Trinajstić information content (AvgIpc) is 3.20. The van der Waals surface area contributed by atoms with Crippen molar-refractivity contribution in [2.75, 3.05) is 6.61 Å². The molecule has 2 amide bonds. The monoisotopic (exact) mass is 573 g/mol. The number of aliphatic carboxylic acids is 1. The van der Waals surface area contributed by atoms with E-state index in [1.165, 1.54) is 12.5 Å². The number of hydrogen-bond donors (Lipinski definition) is 4. The molecule has 0 aromatic heterocycles. The van der Waals surface area contributed by atoms with Crippen molar-refractivity contribution in [1.82, 2.24) is 10.6 Å². The molecule has 0 spiro atoms. The lowest BCUT2D eigenvalue weighted by molar-refractivity contribution is -0.159. The molecule has 10 heteroatoms. The maximum atomic E-state index is 12.5. The van der Waals surface area contributed by atoms with Crippen molar-refractivity contribution < 1.29 is 34.2 Å². The molecule has 0 aromatic rings. The maximum absolute atomic E-state index is 12.5. The number of hydrogen-bond acceptors (Lipinski definition) is 7. The summed E-state index contributed by atoms with van der Waals surface area (Å²) in [5.74, 6) is -0.915. The van der Waals surface area contributed by atoms with Crippen LogP contribution in [-0.2, 0) is 24.0 Å². The number of oxime groups is 1. The Balaban J connectivity index is 1.33. The van der Waals surface area contributed by atoms with Gasteiger partial charge < -0.3 is 25.7 Å². The molecule has 4 aliphatic carbocycles. The number of Topliss-reactive ketones (excluding diaryl/α,β-unsaturated/α-hetero) is 1. The van der Waals surface area contributed by atoms with Crippen LogP contribution in [0.4, 0.5) is 0 Å². The van der Waals surface area contributed by atoms with Crippen LogP contribution in [0.3, 0.4) is 0 Å². The van der Waals surface area contributed by atoms with Gasteiger partial charge in [-0.1, -0.05) is 37.9 Å². The molecular formula is C31H47N3O7. The van der Waals surface area contributed by atoms with E-state index in [0.717, 1.165) is 50.7 Å². The molecule has 4 N–H and O–H groups in total. The number of aliphatic hydroxyl groups is 1. The molecule has 0 radical (unpaired) electrons. The molecular weight excluding hydrogens is 526 g/mol. The molecule has 0 unspecified atom stereocenters. The van der Waals surface area contributed by atoms with Crippen LogP contribution >= 0.6 is 0 Å². The number of fused-ring (bicyclic) bond motifs is 5. The molecule has 41 heavy (non-hydrogen) atoms. The highest BCUT2D eigenvalue weighted by molar-refractivity contribution is 5.96. The largest absolute Gasteiger partial charge is 0.480 e. The summed E-state index contributed by atoms with van der Waals surface area (Å²) in [5, 5.41) is 29.8. The highest BCUT2D eigenvalue weighted by Crippen LogP contribution is 2.67. The number of rotatable bonds is 10. The fourth-order valence-corrected chi connectivity index (χ4v) is 8.60. The van der Waals surface area contributed by atoms with Crippen molar-refractivity contribution in [2.24, 2.45) is 33.7 Å². The van der Waals surface area contributed by atoms with E-state index in [9.17, 15) is 29.4 Å². The molecule has 4 rings (SSSR count). The van der Waals surface area contributed by atoms with E-state index in [2.05, 4.69) is 35.7 Å². The summed E-state index contributed by atoms with van der Waals surface area (Å²) in [5.41, 5.74) is 0.661. The van der Waals surface area contributed by atoms with Crippen molar-refractivity contribution in [3.8, 4) is 0 Å². The fourth-order valence-electron chi connectivity index (χ4n) is 8.60. The molecule has 0 saturated heterocycles. The lowest BCUT2D eigenvalue weighted by Crippen LogP contribution is -2.57. The van der Waals surface area contributed by atoms with Gasteiger partial charge in [0.05, 0.1) is 5.71 Å². The van der Waals surface area contributed by atoms with Gasteiger partial charge in [-0.15, -0.1) is 0 Å². The summed E-state index contributed by atoms with van der Waals surface area (Å²) in [4.78, 5) is 53.7. The normalized spacial score (nSPS) is 36.6. The Labute approximate surface area is 242 Å². The van der Waals surface area contributed by atoms with Gasteiger partial charge in [0.1, 0.15) is 17.7 Å². The predicted molar refractivity (Wildman–Crippen MR) is 153 cm³/mol. The third-order valence-corrected chi connectivity index (χ3v) is 11.1. The SMILES string of the molecule is CCC[C@H](NC(=O)[C@H](C)NC(=O)CON=C1C=C2CC[C@@H]3[C@H](CC[C@@]4(C)[C@H]3CC[C@]4(O)C(C)=O)[C@@]2(C)CC1)C(=O)O. The Morgan fingerprint density at radius 1 is 1.07 bits per heavy atom. The highest BCUT2D eigenvalue weighted by atomic mass is 16.6. The third kappa shape index (κ3) is 5.68. The van der Waals surface area contributed by atoms with Crippen molar-refractivity contribution >= 4 is 29.3 Å². The van der Waals surface area contributed by atoms with Gasteiger partial charge >= 0.3 is 5.97 Å². The summed E-state index contributed by atoms with van der Waals surface area (Å²) < 4.78 is 0. The van der Waals surface area contributed by atoms with E-state index in [0.29, 0.717) is 37.0 Å². The third-order valence-electron chi connectivity index (χ3n) is 11.1. The molecule has 4 aliphatic rings. The van der Waals surface area contributed by atoms with Crippen LogP contribution in [0, 0.1) is 28.6 Å². The second-order valence-electron chi connectivity index (χ2n) is 13.2. The van der Waals surface area contributed by atoms with Gasteiger partial charge in [0.2, 0.25) is 5.91 Å². The first-order valence-corrected chi connectivity index (χ1v) is 15.2. The number of carbonyl (C=O) groups excluding carboxylic acids is 3. The Morgan fingerprint density at radius 2 is 1.78 bits per heavy atom. The first-order chi connectivity index (χ1) is 19.3. The summed E-state index contributed by atoms with van der Waals surface area (Å²) in [7, 11) is 0. The fraction of sp³-hybridized carbons (Fsp3) is 0.774. The van der Waals surface area contributed by atoms with Crippen molar-refractivity contribution in [3.05, 3.63) is 11.6 Å². The highest BCUT2D eigenvalue weighted by Gasteiger charge is 2.65. The smallest absolute Gasteiger partial charge is 0.326 e. The number of nitrogens with zero attached hydrogens (tertiary/aromatic N) is 1. The number of carboxylic acid groups (broad SMARTS) is 1. The number of ketones is 1. The van der Waals surface area contributed by atoms with Gasteiger partial charge in [-0.3, -0.25) is 14.4 Å². The quantitative estimate of drug-likeness (QED) is 0.292. The van der Waals surface area contributed by atoms with E-state index in [4.69, 9.17) is 4.84 Å². The van der Waals surface area contributed by atoms with Crippen LogP contribution in [0.15, 0.2) is 16.8 Å². The summed E-state index contributed by atoms with van der Waals surface area (Å²) in [6.45, 7) is 9.02. The van der Waals surface area contributed by atoms with Crippen LogP contribution in [0.5, 0.6) is 0 Å².